The van der Waals surface area contributed by atoms with Gasteiger partial charge in [0.25, 0.3) is 0 Å². The number of halogens is 2. The van der Waals surface area contributed by atoms with E-state index in [9.17, 15) is 5.11 Å². The largest absolute Gasteiger partial charge is 0.489 e. The lowest BCUT2D eigenvalue weighted by Crippen LogP contribution is -2.41. The lowest BCUT2D eigenvalue weighted by molar-refractivity contribution is 0.0995. The molecule has 1 aromatic carbocycles. The van der Waals surface area contributed by atoms with Gasteiger partial charge < -0.3 is 20.3 Å². The third-order valence-corrected chi connectivity index (χ3v) is 3.72. The van der Waals surface area contributed by atoms with Crippen molar-refractivity contribution in [1.29, 1.82) is 0 Å². The van der Waals surface area contributed by atoms with Gasteiger partial charge in [-0.3, -0.25) is 0 Å². The average molecular weight is 336 g/mol. The van der Waals surface area contributed by atoms with Crippen molar-refractivity contribution in [3.05, 3.63) is 28.2 Å². The van der Waals surface area contributed by atoms with Gasteiger partial charge in [0.05, 0.1) is 5.02 Å². The molecule has 0 bridgehead atoms. The van der Waals surface area contributed by atoms with E-state index < -0.39 is 6.10 Å². The highest BCUT2D eigenvalue weighted by Crippen LogP contribution is 2.27. The van der Waals surface area contributed by atoms with E-state index >= 15 is 0 Å². The first-order valence-corrected chi connectivity index (χ1v) is 7.79. The molecule has 0 aliphatic rings. The fraction of sp³-hybridized carbons (Fsp3) is 0.600. The van der Waals surface area contributed by atoms with Gasteiger partial charge in [0.1, 0.15) is 18.5 Å². The zero-order valence-electron chi connectivity index (χ0n) is 12.4. The molecule has 2 atom stereocenters. The third-order valence-electron chi connectivity index (χ3n) is 3.19. The number of aliphatic hydroxyl groups is 2. The van der Waals surface area contributed by atoms with Crippen LogP contribution in [-0.4, -0.2) is 42.1 Å². The van der Waals surface area contributed by atoms with E-state index in [1.165, 1.54) is 0 Å². The second-order valence-electron chi connectivity index (χ2n) is 5.31. The van der Waals surface area contributed by atoms with Crippen molar-refractivity contribution in [2.24, 2.45) is 5.92 Å². The van der Waals surface area contributed by atoms with Crippen LogP contribution in [-0.2, 0) is 0 Å². The van der Waals surface area contributed by atoms with Gasteiger partial charge in [-0.05, 0) is 30.5 Å². The van der Waals surface area contributed by atoms with E-state index in [0.29, 0.717) is 34.7 Å². The zero-order valence-corrected chi connectivity index (χ0v) is 13.9. The highest BCUT2D eigenvalue weighted by atomic mass is 35.5. The molecule has 0 fully saturated rings. The Balaban J connectivity index is 2.38. The predicted molar refractivity (Wildman–Crippen MR) is 86.3 cm³/mol. The van der Waals surface area contributed by atoms with E-state index in [2.05, 4.69) is 19.2 Å². The van der Waals surface area contributed by atoms with Gasteiger partial charge in [-0.15, -0.1) is 0 Å². The molecular weight excluding hydrogens is 313 g/mol. The summed E-state index contributed by atoms with van der Waals surface area (Å²) < 4.78 is 5.48. The van der Waals surface area contributed by atoms with Gasteiger partial charge in [0, 0.05) is 24.2 Å². The van der Waals surface area contributed by atoms with Crippen LogP contribution >= 0.6 is 23.2 Å². The molecule has 0 heterocycles. The van der Waals surface area contributed by atoms with Crippen LogP contribution in [0.4, 0.5) is 0 Å². The minimum absolute atomic E-state index is 0.128. The Morgan fingerprint density at radius 1 is 1.29 bits per heavy atom. The van der Waals surface area contributed by atoms with Gasteiger partial charge in [-0.2, -0.15) is 0 Å². The zero-order chi connectivity index (χ0) is 15.8. The third kappa shape index (κ3) is 6.85. The maximum atomic E-state index is 9.94. The summed E-state index contributed by atoms with van der Waals surface area (Å²) in [4.78, 5) is 0. The first-order chi connectivity index (χ1) is 9.93. The van der Waals surface area contributed by atoms with E-state index in [1.54, 1.807) is 18.2 Å². The lowest BCUT2D eigenvalue weighted by Gasteiger charge is -2.23. The van der Waals surface area contributed by atoms with Crippen LogP contribution in [0.2, 0.25) is 10.0 Å². The molecule has 6 heteroatoms. The maximum absolute atomic E-state index is 9.94. The number of nitrogens with one attached hydrogen (secondary N) is 1. The molecular formula is C15H23Cl2NO3. The van der Waals surface area contributed by atoms with Gasteiger partial charge >= 0.3 is 0 Å². The van der Waals surface area contributed by atoms with Crippen molar-refractivity contribution in [3.8, 4) is 5.75 Å². The summed E-state index contributed by atoms with van der Waals surface area (Å²) in [6.07, 6.45) is 0.00512. The number of hydrogen-bond acceptors (Lipinski definition) is 4. The van der Waals surface area contributed by atoms with Crippen LogP contribution in [0.25, 0.3) is 0 Å². The van der Waals surface area contributed by atoms with Crippen molar-refractivity contribution in [1.82, 2.24) is 5.32 Å². The number of ether oxygens (including phenoxy) is 1. The van der Waals surface area contributed by atoms with E-state index in [4.69, 9.17) is 33.0 Å². The minimum atomic E-state index is -0.656. The van der Waals surface area contributed by atoms with Crippen molar-refractivity contribution >= 4 is 23.2 Å². The van der Waals surface area contributed by atoms with Crippen LogP contribution < -0.4 is 10.1 Å². The standard InChI is InChI=1S/C15H23Cl2NO3/c1-10(2)14(5-6-19)18-8-12(20)9-21-15-4-3-11(16)7-13(15)17/h3-4,7,10,12,14,18-20H,5-6,8-9H2,1-2H3. The molecule has 0 spiro atoms. The summed E-state index contributed by atoms with van der Waals surface area (Å²) >= 11 is 11.8. The van der Waals surface area contributed by atoms with Crippen LogP contribution in [0.3, 0.4) is 0 Å². The number of hydrogen-bond donors (Lipinski definition) is 3. The summed E-state index contributed by atoms with van der Waals surface area (Å²) in [7, 11) is 0. The molecule has 1 aromatic rings. The van der Waals surface area contributed by atoms with Crippen LogP contribution in [0, 0.1) is 5.92 Å². The SMILES string of the molecule is CC(C)C(CCO)NCC(O)COc1ccc(Cl)cc1Cl. The fourth-order valence-corrected chi connectivity index (χ4v) is 2.40. The number of aliphatic hydroxyl groups excluding tert-OH is 2. The smallest absolute Gasteiger partial charge is 0.138 e. The quantitative estimate of drug-likeness (QED) is 0.649. The van der Waals surface area contributed by atoms with Crippen LogP contribution in [0.5, 0.6) is 5.75 Å². The topological polar surface area (TPSA) is 61.7 Å². The summed E-state index contributed by atoms with van der Waals surface area (Å²) in [6.45, 7) is 4.81. The highest BCUT2D eigenvalue weighted by molar-refractivity contribution is 6.35. The predicted octanol–water partition coefficient (Wildman–Crippen LogP) is 2.73. The second kappa shape index (κ2) is 9.49. The van der Waals surface area contributed by atoms with Crippen molar-refractivity contribution in [3.63, 3.8) is 0 Å². The van der Waals surface area contributed by atoms with Crippen molar-refractivity contribution < 1.29 is 14.9 Å². The minimum Gasteiger partial charge on any atom is -0.489 e. The second-order valence-corrected chi connectivity index (χ2v) is 6.15. The monoisotopic (exact) mass is 335 g/mol. The van der Waals surface area contributed by atoms with E-state index in [1.807, 2.05) is 0 Å². The Bertz CT molecular complexity index is 429. The lowest BCUT2D eigenvalue weighted by atomic mass is 10.0. The van der Waals surface area contributed by atoms with E-state index in [-0.39, 0.29) is 19.3 Å². The Hall–Kier alpha value is -0.520. The molecule has 0 saturated heterocycles. The molecule has 0 aromatic heterocycles. The number of rotatable bonds is 9. The molecule has 0 aliphatic carbocycles. The Morgan fingerprint density at radius 3 is 2.57 bits per heavy atom. The summed E-state index contributed by atoms with van der Waals surface area (Å²) in [5.41, 5.74) is 0. The first kappa shape index (κ1) is 18.5. The maximum Gasteiger partial charge on any atom is 0.138 e. The molecule has 4 nitrogen and oxygen atoms in total. The Kier molecular flexibility index (Phi) is 8.37. The molecule has 3 N–H and O–H groups in total. The summed E-state index contributed by atoms with van der Waals surface area (Å²) in [5, 5.41) is 23.1. The van der Waals surface area contributed by atoms with Crippen molar-refractivity contribution in [2.75, 3.05) is 19.8 Å². The molecule has 0 radical (unpaired) electrons. The van der Waals surface area contributed by atoms with Crippen LogP contribution in [0.1, 0.15) is 20.3 Å². The molecule has 0 saturated carbocycles. The molecule has 21 heavy (non-hydrogen) atoms. The van der Waals surface area contributed by atoms with E-state index in [0.717, 1.165) is 0 Å². The molecule has 2 unspecified atom stereocenters. The van der Waals surface area contributed by atoms with Gasteiger partial charge in [0.15, 0.2) is 0 Å². The van der Waals surface area contributed by atoms with Gasteiger partial charge in [-0.1, -0.05) is 37.0 Å². The fourth-order valence-electron chi connectivity index (χ4n) is 1.93. The molecule has 0 aliphatic heterocycles. The number of benzene rings is 1. The highest BCUT2D eigenvalue weighted by Gasteiger charge is 2.14. The van der Waals surface area contributed by atoms with Crippen molar-refractivity contribution in [2.45, 2.75) is 32.4 Å². The first-order valence-electron chi connectivity index (χ1n) is 7.04. The molecule has 120 valence electrons. The normalized spacial score (nSPS) is 14.2. The Morgan fingerprint density at radius 2 is 2.00 bits per heavy atom. The average Bonchev–Trinajstić information content (AvgIpc) is 2.42. The summed E-state index contributed by atoms with van der Waals surface area (Å²) in [5.74, 6) is 0.881. The Labute approximate surface area is 136 Å². The molecule has 0 amide bonds. The molecule has 1 rings (SSSR count). The summed E-state index contributed by atoms with van der Waals surface area (Å²) in [6, 6.07) is 5.12. The van der Waals surface area contributed by atoms with Gasteiger partial charge in [-0.25, -0.2) is 0 Å². The van der Waals surface area contributed by atoms with Crippen LogP contribution in [0.15, 0.2) is 18.2 Å². The van der Waals surface area contributed by atoms with Gasteiger partial charge in [0.2, 0.25) is 0 Å².